The highest BCUT2D eigenvalue weighted by Crippen LogP contribution is 2.20. The molecule has 1 amide bonds. The number of carbonyl (C=O) groups is 1. The van der Waals surface area contributed by atoms with Gasteiger partial charge >= 0.3 is 0 Å². The molecule has 0 unspecified atom stereocenters. The summed E-state index contributed by atoms with van der Waals surface area (Å²) in [7, 11) is -4.02. The zero-order valence-corrected chi connectivity index (χ0v) is 19.2. The fraction of sp³-hybridized carbons (Fsp3) is 0.174. The molecule has 3 aromatic rings. The lowest BCUT2D eigenvalue weighted by molar-refractivity contribution is -0.122. The van der Waals surface area contributed by atoms with E-state index < -0.39 is 21.7 Å². The molecular weight excluding hydrogens is 483 g/mol. The van der Waals surface area contributed by atoms with E-state index in [4.69, 9.17) is 0 Å². The molecule has 31 heavy (non-hydrogen) atoms. The lowest BCUT2D eigenvalue weighted by Gasteiger charge is -2.23. The Morgan fingerprint density at radius 3 is 2.23 bits per heavy atom. The molecule has 0 saturated carbocycles. The molecule has 0 fully saturated rings. The van der Waals surface area contributed by atoms with Crippen molar-refractivity contribution in [2.75, 3.05) is 6.54 Å². The average molecular weight is 505 g/mol. The second-order valence-corrected chi connectivity index (χ2v) is 9.91. The Morgan fingerprint density at radius 2 is 1.61 bits per heavy atom. The van der Waals surface area contributed by atoms with Crippen LogP contribution in [0.3, 0.4) is 0 Å². The van der Waals surface area contributed by atoms with Crippen LogP contribution in [-0.4, -0.2) is 25.2 Å². The molecular formula is C23H22BrFN2O3S. The van der Waals surface area contributed by atoms with Crippen molar-refractivity contribution in [2.24, 2.45) is 0 Å². The van der Waals surface area contributed by atoms with Crippen LogP contribution in [0.25, 0.3) is 0 Å². The second-order valence-electron chi connectivity index (χ2n) is 7.05. The Bertz CT molecular complexity index is 1120. The molecule has 0 saturated heterocycles. The van der Waals surface area contributed by atoms with Crippen molar-refractivity contribution in [2.45, 2.75) is 24.4 Å². The van der Waals surface area contributed by atoms with Crippen molar-refractivity contribution in [3.63, 3.8) is 0 Å². The first-order valence-electron chi connectivity index (χ1n) is 9.60. The SMILES string of the molecule is C[C@H](NC(=O)CN(Cc1ccccc1)S(=O)(=O)c1ccc(F)cc1)c1ccc(Br)cc1. The molecule has 0 aromatic heterocycles. The summed E-state index contributed by atoms with van der Waals surface area (Å²) in [5.41, 5.74) is 1.63. The van der Waals surface area contributed by atoms with Crippen LogP contribution >= 0.6 is 15.9 Å². The number of nitrogens with one attached hydrogen (secondary N) is 1. The van der Waals surface area contributed by atoms with E-state index in [2.05, 4.69) is 21.2 Å². The molecule has 0 aliphatic heterocycles. The molecule has 0 aliphatic rings. The molecule has 0 spiro atoms. The number of carbonyl (C=O) groups excluding carboxylic acids is 1. The zero-order chi connectivity index (χ0) is 22.4. The highest BCUT2D eigenvalue weighted by molar-refractivity contribution is 9.10. The van der Waals surface area contributed by atoms with Crippen LogP contribution in [0.5, 0.6) is 0 Å². The monoisotopic (exact) mass is 504 g/mol. The van der Waals surface area contributed by atoms with Gasteiger partial charge in [0.05, 0.1) is 17.5 Å². The van der Waals surface area contributed by atoms with Gasteiger partial charge in [0.1, 0.15) is 5.82 Å². The third kappa shape index (κ3) is 6.22. The van der Waals surface area contributed by atoms with Crippen LogP contribution < -0.4 is 5.32 Å². The third-order valence-corrected chi connectivity index (χ3v) is 7.06. The summed E-state index contributed by atoms with van der Waals surface area (Å²) in [6.45, 7) is 1.48. The van der Waals surface area contributed by atoms with Gasteiger partial charge < -0.3 is 5.32 Å². The van der Waals surface area contributed by atoms with E-state index in [-0.39, 0.29) is 24.0 Å². The number of nitrogens with zero attached hydrogens (tertiary/aromatic N) is 1. The normalized spacial score (nSPS) is 12.5. The molecule has 0 heterocycles. The maximum absolute atomic E-state index is 13.3. The fourth-order valence-corrected chi connectivity index (χ4v) is 4.70. The van der Waals surface area contributed by atoms with Crippen molar-refractivity contribution in [3.05, 3.63) is 100 Å². The molecule has 0 radical (unpaired) electrons. The van der Waals surface area contributed by atoms with E-state index in [1.807, 2.05) is 37.3 Å². The summed E-state index contributed by atoms with van der Waals surface area (Å²) >= 11 is 3.37. The van der Waals surface area contributed by atoms with Gasteiger partial charge in [-0.25, -0.2) is 12.8 Å². The van der Waals surface area contributed by atoms with E-state index in [9.17, 15) is 17.6 Å². The summed E-state index contributed by atoms with van der Waals surface area (Å²) in [4.78, 5) is 12.7. The average Bonchev–Trinajstić information content (AvgIpc) is 2.74. The molecule has 1 atom stereocenters. The first kappa shape index (κ1) is 23.1. The Morgan fingerprint density at radius 1 is 1.00 bits per heavy atom. The summed E-state index contributed by atoms with van der Waals surface area (Å²) < 4.78 is 41.7. The van der Waals surface area contributed by atoms with Crippen molar-refractivity contribution >= 4 is 31.9 Å². The van der Waals surface area contributed by atoms with Gasteiger partial charge in [-0.3, -0.25) is 4.79 Å². The molecule has 5 nitrogen and oxygen atoms in total. The molecule has 3 aromatic carbocycles. The largest absolute Gasteiger partial charge is 0.348 e. The van der Waals surface area contributed by atoms with Crippen molar-refractivity contribution < 1.29 is 17.6 Å². The summed E-state index contributed by atoms with van der Waals surface area (Å²) in [5, 5.41) is 2.84. The first-order chi connectivity index (χ1) is 14.8. The predicted octanol–water partition coefficient (Wildman–Crippen LogP) is 4.66. The maximum atomic E-state index is 13.3. The van der Waals surface area contributed by atoms with Gasteiger partial charge in [0, 0.05) is 11.0 Å². The van der Waals surface area contributed by atoms with Gasteiger partial charge in [-0.15, -0.1) is 0 Å². The smallest absolute Gasteiger partial charge is 0.243 e. The topological polar surface area (TPSA) is 66.5 Å². The Kier molecular flexibility index (Phi) is 7.59. The molecule has 0 aliphatic carbocycles. The van der Waals surface area contributed by atoms with Gasteiger partial charge in [0.2, 0.25) is 15.9 Å². The minimum Gasteiger partial charge on any atom is -0.348 e. The van der Waals surface area contributed by atoms with Crippen molar-refractivity contribution in [1.29, 1.82) is 0 Å². The Hall–Kier alpha value is -2.55. The molecule has 162 valence electrons. The van der Waals surface area contributed by atoms with E-state index >= 15 is 0 Å². The van der Waals surface area contributed by atoms with E-state index in [1.54, 1.807) is 24.3 Å². The van der Waals surface area contributed by atoms with E-state index in [1.165, 1.54) is 12.1 Å². The minimum atomic E-state index is -4.02. The number of hydrogen-bond acceptors (Lipinski definition) is 3. The van der Waals surface area contributed by atoms with Crippen LogP contribution in [-0.2, 0) is 21.4 Å². The molecule has 3 rings (SSSR count). The number of amides is 1. The summed E-state index contributed by atoms with van der Waals surface area (Å²) in [6, 6.07) is 20.8. The quantitative estimate of drug-likeness (QED) is 0.485. The number of hydrogen-bond donors (Lipinski definition) is 1. The summed E-state index contributed by atoms with van der Waals surface area (Å²) in [6.07, 6.45) is 0. The highest BCUT2D eigenvalue weighted by atomic mass is 79.9. The van der Waals surface area contributed by atoms with Crippen LogP contribution in [0.4, 0.5) is 4.39 Å². The number of halogens is 2. The third-order valence-electron chi connectivity index (χ3n) is 4.72. The van der Waals surface area contributed by atoms with Crippen LogP contribution in [0.2, 0.25) is 0 Å². The highest BCUT2D eigenvalue weighted by Gasteiger charge is 2.27. The fourth-order valence-electron chi connectivity index (χ4n) is 3.05. The first-order valence-corrected chi connectivity index (χ1v) is 11.8. The van der Waals surface area contributed by atoms with Gasteiger partial charge in [0.25, 0.3) is 0 Å². The van der Waals surface area contributed by atoms with Gasteiger partial charge in [0.15, 0.2) is 0 Å². The zero-order valence-electron chi connectivity index (χ0n) is 16.8. The molecule has 8 heteroatoms. The second kappa shape index (κ2) is 10.2. The van der Waals surface area contributed by atoms with Crippen LogP contribution in [0.15, 0.2) is 88.2 Å². The van der Waals surface area contributed by atoms with Gasteiger partial charge in [-0.2, -0.15) is 4.31 Å². The molecule has 1 N–H and O–H groups in total. The Labute approximate surface area is 190 Å². The predicted molar refractivity (Wildman–Crippen MR) is 121 cm³/mol. The van der Waals surface area contributed by atoms with Crippen LogP contribution in [0.1, 0.15) is 24.1 Å². The van der Waals surface area contributed by atoms with E-state index in [0.717, 1.165) is 32.0 Å². The number of benzene rings is 3. The molecule has 0 bridgehead atoms. The minimum absolute atomic E-state index is 0.0145. The lowest BCUT2D eigenvalue weighted by atomic mass is 10.1. The van der Waals surface area contributed by atoms with Crippen molar-refractivity contribution in [3.8, 4) is 0 Å². The summed E-state index contributed by atoms with van der Waals surface area (Å²) in [5.74, 6) is -0.966. The van der Waals surface area contributed by atoms with E-state index in [0.29, 0.717) is 0 Å². The van der Waals surface area contributed by atoms with Gasteiger partial charge in [-0.05, 0) is 54.4 Å². The lowest BCUT2D eigenvalue weighted by Crippen LogP contribution is -2.41. The van der Waals surface area contributed by atoms with Gasteiger partial charge in [-0.1, -0.05) is 58.4 Å². The van der Waals surface area contributed by atoms with Crippen LogP contribution in [0, 0.1) is 5.82 Å². The van der Waals surface area contributed by atoms with Crippen molar-refractivity contribution in [1.82, 2.24) is 9.62 Å². The Balaban J connectivity index is 1.81. The number of rotatable bonds is 8. The number of sulfonamides is 1. The maximum Gasteiger partial charge on any atom is 0.243 e. The standard InChI is InChI=1S/C23H22BrFN2O3S/c1-17(19-7-9-20(24)10-8-19)26-23(28)16-27(15-18-5-3-2-4-6-18)31(29,30)22-13-11-21(25)12-14-22/h2-14,17H,15-16H2,1H3,(H,26,28)/t17-/m0/s1.